The van der Waals surface area contributed by atoms with Crippen molar-refractivity contribution in [2.45, 2.75) is 19.7 Å². The van der Waals surface area contributed by atoms with Gasteiger partial charge in [0.2, 0.25) is 0 Å². The highest BCUT2D eigenvalue weighted by atomic mass is 35.5. The molecule has 0 unspecified atom stereocenters. The van der Waals surface area contributed by atoms with Crippen molar-refractivity contribution in [1.82, 2.24) is 0 Å². The smallest absolute Gasteiger partial charge is 0.466 e. The van der Waals surface area contributed by atoms with Gasteiger partial charge in [0.25, 0.3) is 0 Å². The molecule has 0 aromatic heterocycles. The number of nitriles is 1. The quantitative estimate of drug-likeness (QED) is 0.801. The molecule has 0 amide bonds. The monoisotopic (exact) mass is 307 g/mol. The van der Waals surface area contributed by atoms with E-state index >= 15 is 0 Å². The van der Waals surface area contributed by atoms with E-state index in [9.17, 15) is 18.0 Å². The van der Waals surface area contributed by atoms with E-state index in [1.807, 2.05) is 0 Å². The molecule has 20 heavy (non-hydrogen) atoms. The molecule has 0 saturated carbocycles. The van der Waals surface area contributed by atoms with Crippen LogP contribution in [0.3, 0.4) is 0 Å². The zero-order chi connectivity index (χ0) is 15.3. The van der Waals surface area contributed by atoms with Crippen LogP contribution < -0.4 is 4.74 Å². The Morgan fingerprint density at radius 2 is 2.10 bits per heavy atom. The van der Waals surface area contributed by atoms with Crippen molar-refractivity contribution in [3.05, 3.63) is 28.3 Å². The first-order valence-corrected chi connectivity index (χ1v) is 5.79. The van der Waals surface area contributed by atoms with Crippen LogP contribution in [0.15, 0.2) is 12.1 Å². The van der Waals surface area contributed by atoms with Crippen LogP contribution in [-0.2, 0) is 16.0 Å². The van der Waals surface area contributed by atoms with Crippen molar-refractivity contribution >= 4 is 17.6 Å². The van der Waals surface area contributed by atoms with Gasteiger partial charge in [-0.2, -0.15) is 5.26 Å². The average Bonchev–Trinajstić information content (AvgIpc) is 2.32. The number of carbonyl (C=O) groups excluding carboxylic acids is 1. The molecule has 0 spiro atoms. The zero-order valence-corrected chi connectivity index (χ0v) is 11.0. The summed E-state index contributed by atoms with van der Waals surface area (Å²) in [5.41, 5.74) is -0.290. The lowest BCUT2D eigenvalue weighted by atomic mass is 10.1. The van der Waals surface area contributed by atoms with Crippen molar-refractivity contribution in [3.63, 3.8) is 0 Å². The van der Waals surface area contributed by atoms with Crippen molar-refractivity contribution in [1.29, 1.82) is 5.26 Å². The van der Waals surface area contributed by atoms with Gasteiger partial charge in [-0.05, 0) is 19.1 Å². The number of nitrogens with zero attached hydrogens (tertiary/aromatic N) is 1. The van der Waals surface area contributed by atoms with Crippen molar-refractivity contribution in [3.8, 4) is 11.8 Å². The molecule has 0 fully saturated rings. The number of hydrogen-bond acceptors (Lipinski definition) is 4. The molecule has 1 aromatic carbocycles. The first-order valence-electron chi connectivity index (χ1n) is 5.41. The summed E-state index contributed by atoms with van der Waals surface area (Å²) in [5, 5.41) is 8.53. The minimum Gasteiger partial charge on any atom is -0.466 e. The minimum absolute atomic E-state index is 0.0551. The van der Waals surface area contributed by atoms with Gasteiger partial charge < -0.3 is 9.47 Å². The number of hydrogen-bond donors (Lipinski definition) is 0. The fraction of sp³-hybridized carbons (Fsp3) is 0.333. The van der Waals surface area contributed by atoms with Crippen LogP contribution in [0.25, 0.3) is 0 Å². The van der Waals surface area contributed by atoms with Crippen LogP contribution in [0.2, 0.25) is 5.02 Å². The molecule has 0 saturated heterocycles. The van der Waals surface area contributed by atoms with Gasteiger partial charge in [-0.25, -0.2) is 0 Å². The number of rotatable bonds is 4. The average molecular weight is 308 g/mol. The molecular weight excluding hydrogens is 299 g/mol. The molecule has 4 nitrogen and oxygen atoms in total. The number of carbonyl (C=O) groups is 1. The Bertz CT molecular complexity index is 552. The minimum atomic E-state index is -4.93. The molecule has 8 heteroatoms. The Morgan fingerprint density at radius 1 is 1.45 bits per heavy atom. The van der Waals surface area contributed by atoms with Crippen LogP contribution in [0, 0.1) is 11.3 Å². The largest absolute Gasteiger partial charge is 0.573 e. The third-order valence-electron chi connectivity index (χ3n) is 2.17. The fourth-order valence-corrected chi connectivity index (χ4v) is 1.70. The number of halogens is 4. The van der Waals surface area contributed by atoms with Crippen molar-refractivity contribution in [2.24, 2.45) is 0 Å². The van der Waals surface area contributed by atoms with Gasteiger partial charge in [-0.1, -0.05) is 11.6 Å². The van der Waals surface area contributed by atoms with Crippen molar-refractivity contribution < 1.29 is 27.4 Å². The van der Waals surface area contributed by atoms with E-state index in [1.54, 1.807) is 13.0 Å². The maximum absolute atomic E-state index is 12.3. The van der Waals surface area contributed by atoms with Crippen molar-refractivity contribution in [2.75, 3.05) is 6.61 Å². The second-order valence-corrected chi connectivity index (χ2v) is 3.92. The summed E-state index contributed by atoms with van der Waals surface area (Å²) >= 11 is 5.81. The molecular formula is C12H9ClF3NO3. The van der Waals surface area contributed by atoms with E-state index < -0.39 is 24.5 Å². The van der Waals surface area contributed by atoms with E-state index in [-0.39, 0.29) is 22.8 Å². The van der Waals surface area contributed by atoms with Gasteiger partial charge in [-0.15, -0.1) is 13.2 Å². The van der Waals surface area contributed by atoms with Gasteiger partial charge in [0.05, 0.1) is 23.6 Å². The highest BCUT2D eigenvalue weighted by Crippen LogP contribution is 2.33. The summed E-state index contributed by atoms with van der Waals surface area (Å²) in [6.45, 7) is 1.63. The summed E-state index contributed by atoms with van der Waals surface area (Å²) in [6.07, 6.45) is -5.45. The molecule has 0 aliphatic heterocycles. The number of benzene rings is 1. The van der Waals surface area contributed by atoms with Crippen LogP contribution >= 0.6 is 11.6 Å². The second-order valence-electron chi connectivity index (χ2n) is 3.55. The van der Waals surface area contributed by atoms with Gasteiger partial charge in [0.15, 0.2) is 0 Å². The Balaban J connectivity index is 3.21. The number of ether oxygens (including phenoxy) is 2. The number of esters is 1. The Kier molecular flexibility index (Phi) is 5.22. The predicted molar refractivity (Wildman–Crippen MR) is 63.2 cm³/mol. The fourth-order valence-electron chi connectivity index (χ4n) is 1.43. The third-order valence-corrected chi connectivity index (χ3v) is 2.60. The molecule has 1 rings (SSSR count). The Hall–Kier alpha value is -1.94. The molecule has 108 valence electrons. The highest BCUT2D eigenvalue weighted by molar-refractivity contribution is 6.32. The maximum atomic E-state index is 12.3. The van der Waals surface area contributed by atoms with E-state index in [0.29, 0.717) is 0 Å². The second kappa shape index (κ2) is 6.48. The predicted octanol–water partition coefficient (Wildman–Crippen LogP) is 3.22. The summed E-state index contributed by atoms with van der Waals surface area (Å²) < 4.78 is 45.3. The van der Waals surface area contributed by atoms with Crippen LogP contribution in [0.1, 0.15) is 18.1 Å². The lowest BCUT2D eigenvalue weighted by Crippen LogP contribution is -2.19. The maximum Gasteiger partial charge on any atom is 0.573 e. The lowest BCUT2D eigenvalue weighted by molar-refractivity contribution is -0.274. The SMILES string of the molecule is CCOC(=O)Cc1c(OC(F)(F)F)ccc(C#N)c1Cl. The molecule has 0 aliphatic rings. The van der Waals surface area contributed by atoms with Gasteiger partial charge in [0.1, 0.15) is 11.8 Å². The molecule has 0 aliphatic carbocycles. The summed E-state index contributed by atoms with van der Waals surface area (Å²) in [6, 6.07) is 3.73. The zero-order valence-electron chi connectivity index (χ0n) is 10.3. The van der Waals surface area contributed by atoms with Gasteiger partial charge >= 0.3 is 12.3 Å². The van der Waals surface area contributed by atoms with Crippen LogP contribution in [0.4, 0.5) is 13.2 Å². The molecule has 0 atom stereocenters. The number of alkyl halides is 3. The van der Waals surface area contributed by atoms with Crippen LogP contribution in [-0.4, -0.2) is 18.9 Å². The van der Waals surface area contributed by atoms with E-state index in [0.717, 1.165) is 12.1 Å². The first-order chi connectivity index (χ1) is 9.28. The summed E-state index contributed by atoms with van der Waals surface area (Å²) in [7, 11) is 0. The summed E-state index contributed by atoms with van der Waals surface area (Å²) in [4.78, 5) is 11.4. The van der Waals surface area contributed by atoms with E-state index in [1.165, 1.54) is 0 Å². The van der Waals surface area contributed by atoms with Crippen LogP contribution in [0.5, 0.6) is 5.75 Å². The topological polar surface area (TPSA) is 59.3 Å². The molecule has 0 bridgehead atoms. The van der Waals surface area contributed by atoms with Gasteiger partial charge in [-0.3, -0.25) is 4.79 Å². The standard InChI is InChI=1S/C12H9ClF3NO3/c1-2-19-10(18)5-8-9(20-12(14,15)16)4-3-7(6-17)11(8)13/h3-4H,2,5H2,1H3. The third kappa shape index (κ3) is 4.31. The van der Waals surface area contributed by atoms with E-state index in [4.69, 9.17) is 16.9 Å². The molecule has 1 aromatic rings. The Labute approximate surface area is 117 Å². The highest BCUT2D eigenvalue weighted by Gasteiger charge is 2.33. The lowest BCUT2D eigenvalue weighted by Gasteiger charge is -2.14. The van der Waals surface area contributed by atoms with Gasteiger partial charge in [0, 0.05) is 5.56 Å². The molecule has 0 heterocycles. The molecule has 0 N–H and O–H groups in total. The first kappa shape index (κ1) is 16.1. The van der Waals surface area contributed by atoms with E-state index in [2.05, 4.69) is 9.47 Å². The summed E-state index contributed by atoms with van der Waals surface area (Å²) in [5.74, 6) is -1.40. The Morgan fingerprint density at radius 3 is 2.60 bits per heavy atom. The normalized spacial score (nSPS) is 10.8. The molecule has 0 radical (unpaired) electrons.